The highest BCUT2D eigenvalue weighted by molar-refractivity contribution is 7.88. The third-order valence-corrected chi connectivity index (χ3v) is 5.82. The van der Waals surface area contributed by atoms with Crippen LogP contribution < -0.4 is 5.73 Å². The molecule has 1 aromatic carbocycles. The van der Waals surface area contributed by atoms with Crippen molar-refractivity contribution in [1.82, 2.24) is 4.31 Å². The maximum atomic E-state index is 12.6. The maximum Gasteiger partial charge on any atom is 0.269 e. The Kier molecular flexibility index (Phi) is 5.49. The highest BCUT2D eigenvalue weighted by atomic mass is 32.2. The van der Waals surface area contributed by atoms with Crippen LogP contribution in [0.2, 0.25) is 0 Å². The van der Waals surface area contributed by atoms with Crippen molar-refractivity contribution in [2.45, 2.75) is 37.5 Å². The summed E-state index contributed by atoms with van der Waals surface area (Å²) >= 11 is 0. The zero-order chi connectivity index (χ0) is 16.2. The first-order valence-electron chi connectivity index (χ1n) is 7.37. The average molecular weight is 327 g/mol. The minimum Gasteiger partial charge on any atom is -0.330 e. The van der Waals surface area contributed by atoms with Crippen LogP contribution in [0.3, 0.4) is 0 Å². The summed E-state index contributed by atoms with van der Waals surface area (Å²) in [6.45, 7) is 0.994. The van der Waals surface area contributed by atoms with Gasteiger partial charge in [-0.05, 0) is 31.4 Å². The molecule has 1 atom stereocenters. The normalized spacial score (nSPS) is 20.0. The van der Waals surface area contributed by atoms with Gasteiger partial charge >= 0.3 is 0 Å². The van der Waals surface area contributed by atoms with Gasteiger partial charge in [0.2, 0.25) is 10.0 Å². The molecule has 0 aliphatic carbocycles. The number of nitro groups is 1. The summed E-state index contributed by atoms with van der Waals surface area (Å²) in [6, 6.07) is 5.63. The largest absolute Gasteiger partial charge is 0.330 e. The van der Waals surface area contributed by atoms with Crippen molar-refractivity contribution >= 4 is 15.7 Å². The van der Waals surface area contributed by atoms with Gasteiger partial charge in [0.1, 0.15) is 0 Å². The molecule has 8 heteroatoms. The first-order valence-corrected chi connectivity index (χ1v) is 8.98. The topological polar surface area (TPSA) is 107 Å². The Morgan fingerprint density at radius 3 is 2.55 bits per heavy atom. The van der Waals surface area contributed by atoms with Gasteiger partial charge in [0.25, 0.3) is 5.69 Å². The van der Waals surface area contributed by atoms with E-state index in [-0.39, 0.29) is 17.5 Å². The molecule has 1 fully saturated rings. The van der Waals surface area contributed by atoms with Crippen LogP contribution in [-0.4, -0.2) is 36.8 Å². The summed E-state index contributed by atoms with van der Waals surface area (Å²) in [5.41, 5.74) is 6.09. The highest BCUT2D eigenvalue weighted by Crippen LogP contribution is 2.25. The van der Waals surface area contributed by atoms with Gasteiger partial charge < -0.3 is 5.73 Å². The maximum absolute atomic E-state index is 12.6. The van der Waals surface area contributed by atoms with Crippen molar-refractivity contribution in [2.75, 3.05) is 13.1 Å². The van der Waals surface area contributed by atoms with E-state index < -0.39 is 14.9 Å². The zero-order valence-corrected chi connectivity index (χ0v) is 13.2. The Hall–Kier alpha value is -1.51. The fraction of sp³-hybridized carbons (Fsp3) is 0.571. The van der Waals surface area contributed by atoms with Gasteiger partial charge in [-0.15, -0.1) is 0 Å². The van der Waals surface area contributed by atoms with Crippen molar-refractivity contribution in [3.05, 3.63) is 39.9 Å². The van der Waals surface area contributed by atoms with E-state index >= 15 is 0 Å². The Bertz CT molecular complexity index is 613. The molecule has 0 bridgehead atoms. The number of hydrogen-bond acceptors (Lipinski definition) is 5. The van der Waals surface area contributed by atoms with Gasteiger partial charge in [0.05, 0.1) is 10.7 Å². The van der Waals surface area contributed by atoms with E-state index in [0.717, 1.165) is 19.3 Å². The van der Waals surface area contributed by atoms with E-state index in [1.165, 1.54) is 24.3 Å². The third kappa shape index (κ3) is 4.02. The molecule has 2 N–H and O–H groups in total. The van der Waals surface area contributed by atoms with Gasteiger partial charge in [-0.1, -0.05) is 18.6 Å². The molecule has 2 rings (SSSR count). The van der Waals surface area contributed by atoms with E-state index in [1.54, 1.807) is 4.31 Å². The fourth-order valence-electron chi connectivity index (χ4n) is 2.83. The Morgan fingerprint density at radius 2 is 1.95 bits per heavy atom. The van der Waals surface area contributed by atoms with Crippen molar-refractivity contribution < 1.29 is 13.3 Å². The molecule has 1 aromatic rings. The van der Waals surface area contributed by atoms with Crippen LogP contribution in [0.5, 0.6) is 0 Å². The third-order valence-electron chi connectivity index (χ3n) is 3.93. The van der Waals surface area contributed by atoms with Gasteiger partial charge in [-0.2, -0.15) is 4.31 Å². The van der Waals surface area contributed by atoms with Crippen molar-refractivity contribution in [3.8, 4) is 0 Å². The molecule has 0 spiro atoms. The minimum absolute atomic E-state index is 0.0261. The molecule has 7 nitrogen and oxygen atoms in total. The molecule has 1 heterocycles. The number of piperidine rings is 1. The lowest BCUT2D eigenvalue weighted by molar-refractivity contribution is -0.384. The monoisotopic (exact) mass is 327 g/mol. The van der Waals surface area contributed by atoms with Crippen molar-refractivity contribution in [1.29, 1.82) is 0 Å². The summed E-state index contributed by atoms with van der Waals surface area (Å²) in [6.07, 6.45) is 3.39. The molecule has 0 radical (unpaired) electrons. The molecule has 1 saturated heterocycles. The number of non-ortho nitro benzene ring substituents is 1. The summed E-state index contributed by atoms with van der Waals surface area (Å²) in [4.78, 5) is 10.1. The second-order valence-electron chi connectivity index (χ2n) is 5.52. The first-order chi connectivity index (χ1) is 10.4. The van der Waals surface area contributed by atoms with Crippen LogP contribution in [0.4, 0.5) is 5.69 Å². The van der Waals surface area contributed by atoms with Crippen LogP contribution in [0.1, 0.15) is 31.2 Å². The number of nitrogens with two attached hydrogens (primary N) is 1. The SMILES string of the molecule is NCCC1CCCCN1S(=O)(=O)Cc1ccc([N+](=O)[O-])cc1. The molecule has 0 saturated carbocycles. The van der Waals surface area contributed by atoms with Crippen LogP contribution in [0.25, 0.3) is 0 Å². The Morgan fingerprint density at radius 1 is 1.27 bits per heavy atom. The summed E-state index contributed by atoms with van der Waals surface area (Å²) in [5, 5.41) is 10.6. The lowest BCUT2D eigenvalue weighted by atomic mass is 10.0. The second kappa shape index (κ2) is 7.17. The lowest BCUT2D eigenvalue weighted by Crippen LogP contribution is -2.45. The Balaban J connectivity index is 2.13. The summed E-state index contributed by atoms with van der Waals surface area (Å²) < 4.78 is 26.8. The molecular formula is C14H21N3O4S. The Labute approximate surface area is 130 Å². The molecule has 0 amide bonds. The molecule has 122 valence electrons. The summed E-state index contributed by atoms with van der Waals surface area (Å²) in [7, 11) is -3.43. The molecule has 1 unspecified atom stereocenters. The number of nitro benzene ring substituents is 1. The van der Waals surface area contributed by atoms with Crippen molar-refractivity contribution in [3.63, 3.8) is 0 Å². The fourth-order valence-corrected chi connectivity index (χ4v) is 4.68. The standard InChI is InChI=1S/C14H21N3O4S/c15-9-8-13-3-1-2-10-16(13)22(20,21)11-12-4-6-14(7-5-12)17(18)19/h4-7,13H,1-3,8-11,15H2. The second-order valence-corrected chi connectivity index (χ2v) is 7.44. The number of sulfonamides is 1. The molecule has 1 aliphatic heterocycles. The minimum atomic E-state index is -3.43. The van der Waals surface area contributed by atoms with E-state index in [1.807, 2.05) is 0 Å². The molecular weight excluding hydrogens is 306 g/mol. The molecule has 1 aliphatic rings. The zero-order valence-electron chi connectivity index (χ0n) is 12.3. The number of nitrogens with zero attached hydrogens (tertiary/aromatic N) is 2. The lowest BCUT2D eigenvalue weighted by Gasteiger charge is -2.34. The molecule has 0 aromatic heterocycles. The van der Waals surface area contributed by atoms with E-state index in [0.29, 0.717) is 25.1 Å². The number of rotatable bonds is 6. The van der Waals surface area contributed by atoms with Gasteiger partial charge in [-0.3, -0.25) is 10.1 Å². The van der Waals surface area contributed by atoms with Crippen LogP contribution in [-0.2, 0) is 15.8 Å². The first kappa shape index (κ1) is 16.9. The average Bonchev–Trinajstić information content (AvgIpc) is 2.48. The predicted octanol–water partition coefficient (Wildman–Crippen LogP) is 1.63. The molecule has 22 heavy (non-hydrogen) atoms. The number of hydrogen-bond donors (Lipinski definition) is 1. The van der Waals surface area contributed by atoms with Crippen LogP contribution >= 0.6 is 0 Å². The highest BCUT2D eigenvalue weighted by Gasteiger charge is 2.31. The van der Waals surface area contributed by atoms with E-state index in [2.05, 4.69) is 0 Å². The van der Waals surface area contributed by atoms with Crippen LogP contribution in [0, 0.1) is 10.1 Å². The van der Waals surface area contributed by atoms with Gasteiger partial charge in [0.15, 0.2) is 0 Å². The quantitative estimate of drug-likeness (QED) is 0.631. The number of benzene rings is 1. The van der Waals surface area contributed by atoms with Gasteiger partial charge in [-0.25, -0.2) is 8.42 Å². The van der Waals surface area contributed by atoms with E-state index in [4.69, 9.17) is 5.73 Å². The van der Waals surface area contributed by atoms with E-state index in [9.17, 15) is 18.5 Å². The summed E-state index contributed by atoms with van der Waals surface area (Å²) in [5.74, 6) is -0.133. The van der Waals surface area contributed by atoms with Crippen molar-refractivity contribution in [2.24, 2.45) is 5.73 Å². The van der Waals surface area contributed by atoms with Gasteiger partial charge in [0, 0.05) is 24.7 Å². The van der Waals surface area contributed by atoms with Crippen LogP contribution in [0.15, 0.2) is 24.3 Å². The predicted molar refractivity (Wildman–Crippen MR) is 83.7 cm³/mol. The smallest absolute Gasteiger partial charge is 0.269 e.